The van der Waals surface area contributed by atoms with E-state index in [9.17, 15) is 0 Å². The standard InChI is InChI=1S/C3H7BIN/c1-6-3-2-4-5/h2,6H,3H2,1H3. The van der Waals surface area contributed by atoms with Crippen LogP contribution in [0.1, 0.15) is 0 Å². The molecule has 6 heavy (non-hydrogen) atoms. The Morgan fingerprint density at radius 1 is 2.00 bits per heavy atom. The second-order valence-electron chi connectivity index (χ2n) is 0.919. The van der Waals surface area contributed by atoms with Crippen LogP contribution in [-0.2, 0) is 0 Å². The van der Waals surface area contributed by atoms with Crippen molar-refractivity contribution < 1.29 is 0 Å². The van der Waals surface area contributed by atoms with Gasteiger partial charge in [0.1, 0.15) is 0 Å². The van der Waals surface area contributed by atoms with Crippen molar-refractivity contribution in [3.63, 3.8) is 0 Å². The molecule has 3 heteroatoms. The van der Waals surface area contributed by atoms with Crippen LogP contribution in [0.5, 0.6) is 0 Å². The predicted molar refractivity (Wildman–Crippen MR) is 39.8 cm³/mol. The van der Waals surface area contributed by atoms with Crippen molar-refractivity contribution in [2.24, 2.45) is 0 Å². The Morgan fingerprint density at radius 2 is 2.67 bits per heavy atom. The molecule has 0 amide bonds. The Kier molecular flexibility index (Phi) is 6.21. The molecule has 0 aromatic carbocycles. The van der Waals surface area contributed by atoms with Crippen LogP contribution >= 0.6 is 22.4 Å². The van der Waals surface area contributed by atoms with Gasteiger partial charge in [0.2, 0.25) is 0 Å². The van der Waals surface area contributed by atoms with Gasteiger partial charge in [-0.1, -0.05) is 0 Å². The summed E-state index contributed by atoms with van der Waals surface area (Å²) in [7, 11) is 1.93. The average molecular weight is 195 g/mol. The van der Waals surface area contributed by atoms with Gasteiger partial charge >= 0.3 is 52.0 Å². The molecule has 34 valence electrons. The normalized spacial score (nSPS) is 9.00. The van der Waals surface area contributed by atoms with E-state index in [-0.39, 0.29) is 0 Å². The minimum atomic E-state index is 0.975. The van der Waals surface area contributed by atoms with Crippen LogP contribution in [0.25, 0.3) is 0 Å². The van der Waals surface area contributed by atoms with Crippen LogP contribution < -0.4 is 5.32 Å². The van der Waals surface area contributed by atoms with Gasteiger partial charge in [0.25, 0.3) is 0 Å². The van der Waals surface area contributed by atoms with E-state index in [1.54, 1.807) is 0 Å². The molecular formula is C3H7BIN. The third kappa shape index (κ3) is 4.62. The summed E-state index contributed by atoms with van der Waals surface area (Å²) in [6, 6.07) is 0. The van der Waals surface area contributed by atoms with Gasteiger partial charge in [0, 0.05) is 0 Å². The predicted octanol–water partition coefficient (Wildman–Crippen LogP) is 0.0622. The molecule has 0 saturated heterocycles. The van der Waals surface area contributed by atoms with Crippen LogP contribution in [0.4, 0.5) is 0 Å². The Balaban J connectivity index is 2.66. The third-order valence-corrected chi connectivity index (χ3v) is 0.920. The first-order chi connectivity index (χ1) is 2.91. The summed E-state index contributed by atoms with van der Waals surface area (Å²) in [5.41, 5.74) is 0. The summed E-state index contributed by atoms with van der Waals surface area (Å²) in [5.74, 6) is 2.06. The van der Waals surface area contributed by atoms with E-state index in [1.807, 2.05) is 11.8 Å². The molecule has 0 bridgehead atoms. The van der Waals surface area contributed by atoms with E-state index in [4.69, 9.17) is 0 Å². The fraction of sp³-hybridized carbons (Fsp3) is 0.667. The number of hydrogen-bond donors (Lipinski definition) is 1. The SMILES string of the molecule is CNCC=BI. The van der Waals surface area contributed by atoms with E-state index in [2.05, 4.69) is 33.7 Å². The molecule has 0 aliphatic heterocycles. The summed E-state index contributed by atoms with van der Waals surface area (Å²) >= 11 is 2.19. The fourth-order valence-corrected chi connectivity index (χ4v) is 0.417. The van der Waals surface area contributed by atoms with Crippen molar-refractivity contribution in [1.29, 1.82) is 0 Å². The van der Waals surface area contributed by atoms with Crippen LogP contribution in [0.15, 0.2) is 0 Å². The van der Waals surface area contributed by atoms with Gasteiger partial charge in [-0.05, 0) is 0 Å². The topological polar surface area (TPSA) is 12.0 Å². The maximum absolute atomic E-state index is 2.98. The number of nitrogens with one attached hydrogen (secondary N) is 1. The molecule has 1 nitrogen and oxygen atoms in total. The Labute approximate surface area is 52.3 Å². The van der Waals surface area contributed by atoms with Crippen molar-refractivity contribution >= 4 is 33.1 Å². The first-order valence-electron chi connectivity index (χ1n) is 1.81. The van der Waals surface area contributed by atoms with Crippen LogP contribution in [-0.4, -0.2) is 24.3 Å². The van der Waals surface area contributed by atoms with Gasteiger partial charge in [-0.3, -0.25) is 0 Å². The Bertz CT molecular complexity index is 46.1. The van der Waals surface area contributed by atoms with E-state index >= 15 is 0 Å². The van der Waals surface area contributed by atoms with Gasteiger partial charge in [0.05, 0.1) is 0 Å². The van der Waals surface area contributed by atoms with Gasteiger partial charge < -0.3 is 0 Å². The summed E-state index contributed by atoms with van der Waals surface area (Å²) < 4.78 is 1.99. The summed E-state index contributed by atoms with van der Waals surface area (Å²) in [6.45, 7) is 0.975. The summed E-state index contributed by atoms with van der Waals surface area (Å²) in [6.07, 6.45) is 0. The molecule has 0 unspecified atom stereocenters. The zero-order chi connectivity index (χ0) is 4.83. The zero-order valence-electron chi connectivity index (χ0n) is 3.74. The molecule has 0 aliphatic carbocycles. The van der Waals surface area contributed by atoms with Crippen LogP contribution in [0.3, 0.4) is 0 Å². The quantitative estimate of drug-likeness (QED) is 0.485. The number of hydrogen-bond acceptors (Lipinski definition) is 1. The van der Waals surface area contributed by atoms with Crippen molar-refractivity contribution in [3.8, 4) is 0 Å². The molecule has 0 aromatic rings. The molecule has 0 radical (unpaired) electrons. The van der Waals surface area contributed by atoms with Crippen molar-refractivity contribution in [2.45, 2.75) is 0 Å². The molecule has 0 spiro atoms. The molecule has 0 fully saturated rings. The summed E-state index contributed by atoms with van der Waals surface area (Å²) in [4.78, 5) is 0. The summed E-state index contributed by atoms with van der Waals surface area (Å²) in [5, 5.41) is 2.98. The Morgan fingerprint density at radius 3 is 2.83 bits per heavy atom. The van der Waals surface area contributed by atoms with E-state index in [0.717, 1.165) is 6.54 Å². The van der Waals surface area contributed by atoms with Gasteiger partial charge in [0.15, 0.2) is 0 Å². The first kappa shape index (κ1) is 6.62. The first-order valence-corrected chi connectivity index (χ1v) is 3.06. The molecule has 1 N–H and O–H groups in total. The van der Waals surface area contributed by atoms with Crippen molar-refractivity contribution in [1.82, 2.24) is 5.32 Å². The second-order valence-corrected chi connectivity index (χ2v) is 1.64. The van der Waals surface area contributed by atoms with E-state index in [0.29, 0.717) is 0 Å². The zero-order valence-corrected chi connectivity index (χ0v) is 5.90. The molecule has 0 saturated carbocycles. The van der Waals surface area contributed by atoms with Crippen LogP contribution in [0, 0.1) is 0 Å². The minimum absolute atomic E-state index is 0.975. The number of rotatable bonds is 2. The third-order valence-electron chi connectivity index (χ3n) is 0.411. The maximum atomic E-state index is 2.98. The Hall–Kier alpha value is 0.625. The van der Waals surface area contributed by atoms with Gasteiger partial charge in [-0.2, -0.15) is 0 Å². The monoisotopic (exact) mass is 195 g/mol. The number of halogens is 1. The molecule has 0 aromatic heterocycles. The van der Waals surface area contributed by atoms with Crippen molar-refractivity contribution in [2.75, 3.05) is 13.6 Å². The van der Waals surface area contributed by atoms with Crippen molar-refractivity contribution in [3.05, 3.63) is 0 Å². The van der Waals surface area contributed by atoms with Crippen LogP contribution in [0.2, 0.25) is 0 Å². The molecule has 0 atom stereocenters. The molecule has 0 heterocycles. The average Bonchev–Trinajstić information content (AvgIpc) is 1.61. The molecule has 0 rings (SSSR count). The second kappa shape index (κ2) is 5.62. The van der Waals surface area contributed by atoms with Gasteiger partial charge in [-0.15, -0.1) is 0 Å². The molecular weight excluding hydrogens is 188 g/mol. The van der Waals surface area contributed by atoms with Gasteiger partial charge in [-0.25, -0.2) is 0 Å². The fourth-order valence-electron chi connectivity index (χ4n) is 0.162. The van der Waals surface area contributed by atoms with E-state index in [1.165, 1.54) is 0 Å². The van der Waals surface area contributed by atoms with E-state index < -0.39 is 0 Å². The molecule has 0 aliphatic rings.